The molecule has 0 aliphatic heterocycles. The van der Waals surface area contributed by atoms with Gasteiger partial charge in [-0.3, -0.25) is 4.79 Å². The summed E-state index contributed by atoms with van der Waals surface area (Å²) in [6.45, 7) is 4.40. The van der Waals surface area contributed by atoms with E-state index in [0.717, 1.165) is 6.92 Å². The summed E-state index contributed by atoms with van der Waals surface area (Å²) in [4.78, 5) is 10.9. The molecule has 1 amide bonds. The highest BCUT2D eigenvalue weighted by Gasteiger charge is 2.22. The van der Waals surface area contributed by atoms with Crippen LogP contribution in [0.1, 0.15) is 33.6 Å². The molecular formula is C8H15F2NO. The third kappa shape index (κ3) is 7.44. The van der Waals surface area contributed by atoms with Gasteiger partial charge in [0.05, 0.1) is 0 Å². The number of hydrogen-bond donors (Lipinski definition) is 1. The number of hydrogen-bond acceptors (Lipinski definition) is 1. The quantitative estimate of drug-likeness (QED) is 0.702. The zero-order valence-electron chi connectivity index (χ0n) is 7.66. The van der Waals surface area contributed by atoms with Crippen LogP contribution in [-0.4, -0.2) is 17.9 Å². The molecule has 0 heterocycles. The first-order valence-electron chi connectivity index (χ1n) is 3.98. The van der Waals surface area contributed by atoms with Gasteiger partial charge in [0, 0.05) is 18.9 Å². The van der Waals surface area contributed by atoms with Crippen molar-refractivity contribution in [1.82, 2.24) is 5.32 Å². The maximum absolute atomic E-state index is 12.2. The summed E-state index contributed by atoms with van der Waals surface area (Å²) in [7, 11) is 0. The average Bonchev–Trinajstić information content (AvgIpc) is 1.80. The summed E-state index contributed by atoms with van der Waals surface area (Å²) < 4.78 is 24.5. The van der Waals surface area contributed by atoms with Gasteiger partial charge in [-0.2, -0.15) is 0 Å². The SMILES string of the molecule is CC(C)NC(=O)CCC(C)(F)F. The molecule has 1 N–H and O–H groups in total. The molecule has 0 aromatic heterocycles. The molecule has 2 nitrogen and oxygen atoms in total. The number of alkyl halides is 2. The predicted molar refractivity (Wildman–Crippen MR) is 43.1 cm³/mol. The number of rotatable bonds is 4. The van der Waals surface area contributed by atoms with Gasteiger partial charge < -0.3 is 5.32 Å². The van der Waals surface area contributed by atoms with Crippen LogP contribution in [0.5, 0.6) is 0 Å². The minimum absolute atomic E-state index is 0.0166. The topological polar surface area (TPSA) is 29.1 Å². The summed E-state index contributed by atoms with van der Waals surface area (Å²) in [5.74, 6) is -3.06. The van der Waals surface area contributed by atoms with Crippen molar-refractivity contribution in [3.8, 4) is 0 Å². The summed E-state index contributed by atoms with van der Waals surface area (Å²) in [6.07, 6.45) is -0.493. The molecule has 0 radical (unpaired) electrons. The molecule has 0 spiro atoms. The lowest BCUT2D eigenvalue weighted by Gasteiger charge is -2.11. The first-order valence-corrected chi connectivity index (χ1v) is 3.98. The highest BCUT2D eigenvalue weighted by Crippen LogP contribution is 2.18. The summed E-state index contributed by atoms with van der Waals surface area (Å²) in [5.41, 5.74) is 0. The van der Waals surface area contributed by atoms with Crippen LogP contribution in [0.3, 0.4) is 0 Å². The van der Waals surface area contributed by atoms with Gasteiger partial charge in [0.15, 0.2) is 0 Å². The van der Waals surface area contributed by atoms with Crippen LogP contribution < -0.4 is 5.32 Å². The predicted octanol–water partition coefficient (Wildman–Crippen LogP) is 1.95. The minimum atomic E-state index is -2.74. The second-order valence-electron chi connectivity index (χ2n) is 3.29. The second-order valence-corrected chi connectivity index (χ2v) is 3.29. The maximum Gasteiger partial charge on any atom is 0.245 e. The Kier molecular flexibility index (Phi) is 4.13. The van der Waals surface area contributed by atoms with Gasteiger partial charge in [0.25, 0.3) is 0 Å². The number of carbonyl (C=O) groups is 1. The number of nitrogens with one attached hydrogen (secondary N) is 1. The first-order chi connectivity index (χ1) is 5.31. The van der Waals surface area contributed by atoms with Gasteiger partial charge >= 0.3 is 0 Å². The summed E-state index contributed by atoms with van der Waals surface area (Å²) >= 11 is 0. The Hall–Kier alpha value is -0.670. The molecule has 0 aromatic rings. The van der Waals surface area contributed by atoms with Crippen molar-refractivity contribution in [2.75, 3.05) is 0 Å². The van der Waals surface area contributed by atoms with Crippen molar-refractivity contribution in [1.29, 1.82) is 0 Å². The highest BCUT2D eigenvalue weighted by atomic mass is 19.3. The molecule has 0 atom stereocenters. The fraction of sp³-hybridized carbons (Fsp3) is 0.875. The third-order valence-electron chi connectivity index (χ3n) is 1.24. The van der Waals surface area contributed by atoms with Crippen molar-refractivity contribution in [3.63, 3.8) is 0 Å². The Morgan fingerprint density at radius 3 is 2.33 bits per heavy atom. The van der Waals surface area contributed by atoms with Crippen molar-refractivity contribution < 1.29 is 13.6 Å². The van der Waals surface area contributed by atoms with Crippen LogP contribution in [0.15, 0.2) is 0 Å². The van der Waals surface area contributed by atoms with E-state index in [1.54, 1.807) is 13.8 Å². The molecule has 0 unspecified atom stereocenters. The molecule has 0 bridgehead atoms. The van der Waals surface area contributed by atoms with E-state index in [4.69, 9.17) is 0 Å². The molecule has 0 aliphatic carbocycles. The van der Waals surface area contributed by atoms with Gasteiger partial charge in [-0.25, -0.2) is 8.78 Å². The zero-order chi connectivity index (χ0) is 9.78. The molecule has 0 rings (SSSR count). The zero-order valence-corrected chi connectivity index (χ0v) is 7.66. The molecule has 0 fully saturated rings. The molecule has 0 saturated carbocycles. The van der Waals surface area contributed by atoms with E-state index >= 15 is 0 Å². The van der Waals surface area contributed by atoms with Crippen LogP contribution in [0.2, 0.25) is 0 Å². The normalized spacial score (nSPS) is 11.8. The van der Waals surface area contributed by atoms with E-state index in [2.05, 4.69) is 5.32 Å². The van der Waals surface area contributed by atoms with Crippen LogP contribution in [0.25, 0.3) is 0 Å². The second kappa shape index (κ2) is 4.38. The van der Waals surface area contributed by atoms with Crippen LogP contribution in [0, 0.1) is 0 Å². The minimum Gasteiger partial charge on any atom is -0.354 e. The van der Waals surface area contributed by atoms with Gasteiger partial charge in [-0.05, 0) is 20.8 Å². The lowest BCUT2D eigenvalue weighted by atomic mass is 10.2. The van der Waals surface area contributed by atoms with E-state index in [9.17, 15) is 13.6 Å². The Morgan fingerprint density at radius 1 is 1.50 bits per heavy atom. The molecular weight excluding hydrogens is 164 g/mol. The lowest BCUT2D eigenvalue weighted by Crippen LogP contribution is -2.31. The number of halogens is 2. The molecule has 12 heavy (non-hydrogen) atoms. The van der Waals surface area contributed by atoms with Crippen LogP contribution in [-0.2, 0) is 4.79 Å². The molecule has 72 valence electrons. The van der Waals surface area contributed by atoms with E-state index < -0.39 is 5.92 Å². The molecule has 0 aromatic carbocycles. The van der Waals surface area contributed by atoms with Crippen LogP contribution in [0.4, 0.5) is 8.78 Å². The van der Waals surface area contributed by atoms with E-state index in [0.29, 0.717) is 0 Å². The Labute approximate surface area is 71.3 Å². The fourth-order valence-electron chi connectivity index (χ4n) is 0.727. The van der Waals surface area contributed by atoms with Gasteiger partial charge in [-0.15, -0.1) is 0 Å². The Morgan fingerprint density at radius 2 is 2.00 bits per heavy atom. The van der Waals surface area contributed by atoms with E-state index in [1.807, 2.05) is 0 Å². The highest BCUT2D eigenvalue weighted by molar-refractivity contribution is 5.76. The maximum atomic E-state index is 12.2. The van der Waals surface area contributed by atoms with Crippen molar-refractivity contribution in [2.24, 2.45) is 0 Å². The largest absolute Gasteiger partial charge is 0.354 e. The average molecular weight is 179 g/mol. The standard InChI is InChI=1S/C8H15F2NO/c1-6(2)11-7(12)4-5-8(3,9)10/h6H,4-5H2,1-3H3,(H,11,12). The molecule has 4 heteroatoms. The molecule has 0 saturated heterocycles. The summed E-state index contributed by atoms with van der Waals surface area (Å²) in [5, 5.41) is 2.54. The lowest BCUT2D eigenvalue weighted by molar-refractivity contribution is -0.123. The smallest absolute Gasteiger partial charge is 0.245 e. The Balaban J connectivity index is 3.58. The number of carbonyl (C=O) groups excluding carboxylic acids is 1. The third-order valence-corrected chi connectivity index (χ3v) is 1.24. The van der Waals surface area contributed by atoms with E-state index in [-0.39, 0.29) is 24.8 Å². The monoisotopic (exact) mass is 179 g/mol. The van der Waals surface area contributed by atoms with Crippen molar-refractivity contribution in [3.05, 3.63) is 0 Å². The van der Waals surface area contributed by atoms with E-state index in [1.165, 1.54) is 0 Å². The summed E-state index contributed by atoms with van der Waals surface area (Å²) in [6, 6.07) is 0.0166. The first kappa shape index (κ1) is 11.3. The van der Waals surface area contributed by atoms with Gasteiger partial charge in [0.2, 0.25) is 11.8 Å². The number of amides is 1. The van der Waals surface area contributed by atoms with Gasteiger partial charge in [0.1, 0.15) is 0 Å². The fourth-order valence-corrected chi connectivity index (χ4v) is 0.727. The Bertz CT molecular complexity index is 152. The van der Waals surface area contributed by atoms with Crippen molar-refractivity contribution in [2.45, 2.75) is 45.6 Å². The molecule has 0 aliphatic rings. The van der Waals surface area contributed by atoms with Gasteiger partial charge in [-0.1, -0.05) is 0 Å². The van der Waals surface area contributed by atoms with Crippen LogP contribution >= 0.6 is 0 Å². The van der Waals surface area contributed by atoms with Crippen molar-refractivity contribution >= 4 is 5.91 Å².